The van der Waals surface area contributed by atoms with Gasteiger partial charge in [0.25, 0.3) is 0 Å². The van der Waals surface area contributed by atoms with Crippen molar-refractivity contribution in [1.29, 1.82) is 0 Å². The van der Waals surface area contributed by atoms with Gasteiger partial charge in [0.15, 0.2) is 0 Å². The largest absolute Gasteiger partial charge is 0.507 e. The minimum atomic E-state index is 0.00310. The molecule has 36 heavy (non-hydrogen) atoms. The third-order valence-electron chi connectivity index (χ3n) is 7.03. The van der Waals surface area contributed by atoms with Crippen LogP contribution in [-0.4, -0.2) is 5.11 Å². The predicted molar refractivity (Wildman–Crippen MR) is 161 cm³/mol. The van der Waals surface area contributed by atoms with Gasteiger partial charge in [0.05, 0.1) is 0 Å². The lowest BCUT2D eigenvalue weighted by Gasteiger charge is -2.27. The molecule has 0 aliphatic heterocycles. The van der Waals surface area contributed by atoms with Gasteiger partial charge >= 0.3 is 0 Å². The molecule has 0 heterocycles. The lowest BCUT2D eigenvalue weighted by atomic mass is 9.78. The number of rotatable bonds is 2. The third kappa shape index (κ3) is 6.25. The van der Waals surface area contributed by atoms with Gasteiger partial charge in [-0.2, -0.15) is 0 Å². The van der Waals surface area contributed by atoms with Gasteiger partial charge in [0.1, 0.15) is 5.75 Å². The molecule has 194 valence electrons. The van der Waals surface area contributed by atoms with Crippen LogP contribution in [0.15, 0.2) is 53.0 Å². The van der Waals surface area contributed by atoms with Crippen molar-refractivity contribution in [2.24, 2.45) is 0 Å². The minimum absolute atomic E-state index is 0.00310. The number of phenolic OH excluding ortho intramolecular Hbond substituents is 1. The van der Waals surface area contributed by atoms with Crippen LogP contribution in [0.4, 0.5) is 0 Å². The maximum atomic E-state index is 11.8. The monoisotopic (exact) mass is 548 g/mol. The Labute approximate surface area is 228 Å². The summed E-state index contributed by atoms with van der Waals surface area (Å²) in [4.78, 5) is 0. The van der Waals surface area contributed by atoms with Crippen molar-refractivity contribution in [1.82, 2.24) is 0 Å². The molecule has 0 aliphatic rings. The molecule has 0 unspecified atom stereocenters. The summed E-state index contributed by atoms with van der Waals surface area (Å²) in [5, 5.41) is 11.8. The van der Waals surface area contributed by atoms with Crippen LogP contribution in [0.3, 0.4) is 0 Å². The molecule has 0 radical (unpaired) electrons. The highest BCUT2D eigenvalue weighted by atomic mass is 79.9. The second-order valence-electron chi connectivity index (χ2n) is 14.4. The van der Waals surface area contributed by atoms with E-state index in [0.29, 0.717) is 5.75 Å². The molecule has 0 spiro atoms. The van der Waals surface area contributed by atoms with Gasteiger partial charge in [-0.15, -0.1) is 0 Å². The first kappa shape index (κ1) is 28.5. The average molecular weight is 550 g/mol. The first-order valence-electron chi connectivity index (χ1n) is 13.0. The molecule has 3 aromatic carbocycles. The van der Waals surface area contributed by atoms with E-state index in [1.807, 2.05) is 12.1 Å². The van der Waals surface area contributed by atoms with E-state index in [4.69, 9.17) is 0 Å². The first-order chi connectivity index (χ1) is 16.2. The van der Waals surface area contributed by atoms with E-state index in [1.54, 1.807) is 0 Å². The third-order valence-corrected chi connectivity index (χ3v) is 7.48. The van der Waals surface area contributed by atoms with Crippen LogP contribution in [0.2, 0.25) is 0 Å². The van der Waals surface area contributed by atoms with E-state index >= 15 is 0 Å². The van der Waals surface area contributed by atoms with E-state index in [0.717, 1.165) is 26.7 Å². The van der Waals surface area contributed by atoms with Gasteiger partial charge in [-0.1, -0.05) is 135 Å². The summed E-state index contributed by atoms with van der Waals surface area (Å²) < 4.78 is 0.960. The Kier molecular flexibility index (Phi) is 7.41. The van der Waals surface area contributed by atoms with E-state index in [2.05, 4.69) is 135 Å². The number of benzene rings is 3. The van der Waals surface area contributed by atoms with Crippen LogP contribution in [-0.2, 0) is 21.7 Å². The number of halogens is 1. The topological polar surface area (TPSA) is 20.2 Å². The van der Waals surface area contributed by atoms with Gasteiger partial charge in [-0.05, 0) is 67.2 Å². The summed E-state index contributed by atoms with van der Waals surface area (Å²) in [7, 11) is 0. The maximum Gasteiger partial charge on any atom is 0.131 e. The molecule has 0 saturated carbocycles. The molecule has 3 aromatic rings. The molecule has 0 saturated heterocycles. The number of aromatic hydroxyl groups is 1. The molecule has 0 aliphatic carbocycles. The molecule has 3 rings (SSSR count). The van der Waals surface area contributed by atoms with Crippen LogP contribution in [0.1, 0.15) is 105 Å². The molecule has 2 heteroatoms. The fourth-order valence-corrected chi connectivity index (χ4v) is 4.80. The lowest BCUT2D eigenvalue weighted by Crippen LogP contribution is -2.16. The second kappa shape index (κ2) is 9.35. The van der Waals surface area contributed by atoms with Gasteiger partial charge in [0.2, 0.25) is 0 Å². The number of hydrogen-bond acceptors (Lipinski definition) is 1. The van der Waals surface area contributed by atoms with Crippen LogP contribution in [0.5, 0.6) is 5.75 Å². The first-order valence-corrected chi connectivity index (χ1v) is 13.8. The Morgan fingerprint density at radius 3 is 0.917 bits per heavy atom. The van der Waals surface area contributed by atoms with Crippen molar-refractivity contribution in [2.75, 3.05) is 0 Å². The highest BCUT2D eigenvalue weighted by Crippen LogP contribution is 2.44. The highest BCUT2D eigenvalue weighted by Gasteiger charge is 2.25. The van der Waals surface area contributed by atoms with Crippen LogP contribution in [0, 0.1) is 0 Å². The van der Waals surface area contributed by atoms with Crippen molar-refractivity contribution >= 4 is 15.9 Å². The van der Waals surface area contributed by atoms with Crippen molar-refractivity contribution in [3.8, 4) is 28.0 Å². The molecule has 0 atom stereocenters. The van der Waals surface area contributed by atoms with E-state index in [9.17, 15) is 5.11 Å². The Balaban J connectivity index is 2.35. The zero-order valence-electron chi connectivity index (χ0n) is 24.4. The van der Waals surface area contributed by atoms with Crippen LogP contribution >= 0.6 is 15.9 Å². The zero-order valence-corrected chi connectivity index (χ0v) is 26.0. The summed E-state index contributed by atoms with van der Waals surface area (Å²) in [6, 6.07) is 17.7. The SMILES string of the molecule is CC(C)(C)c1cc(-c2cc(Br)cc(-c3cc(C(C)(C)C)cc(C(C)(C)C)c3)c2O)cc(C(C)(C)C)c1. The summed E-state index contributed by atoms with van der Waals surface area (Å²) in [6.07, 6.45) is 0. The average Bonchev–Trinajstić information content (AvgIpc) is 2.72. The smallest absolute Gasteiger partial charge is 0.131 e. The van der Waals surface area contributed by atoms with Crippen molar-refractivity contribution in [2.45, 2.75) is 105 Å². The van der Waals surface area contributed by atoms with E-state index in [-0.39, 0.29) is 21.7 Å². The zero-order chi connectivity index (χ0) is 27.4. The number of phenols is 1. The molecule has 0 bridgehead atoms. The predicted octanol–water partition coefficient (Wildman–Crippen LogP) is 10.7. The lowest BCUT2D eigenvalue weighted by molar-refractivity contribution is 0.479. The van der Waals surface area contributed by atoms with Crippen molar-refractivity contribution in [3.63, 3.8) is 0 Å². The Morgan fingerprint density at radius 1 is 0.444 bits per heavy atom. The standard InChI is InChI=1S/C34H45BrO/c1-31(2,3)23-13-21(14-24(17-23)32(4,5)6)28-19-27(35)20-29(30(28)36)22-15-25(33(7,8)9)18-26(16-22)34(10,11)12/h13-20,36H,1-12H3. The molecule has 1 nitrogen and oxygen atoms in total. The summed E-state index contributed by atoms with van der Waals surface area (Å²) >= 11 is 3.76. The van der Waals surface area contributed by atoms with Crippen molar-refractivity contribution < 1.29 is 5.11 Å². The fraction of sp³-hybridized carbons (Fsp3) is 0.471. The molecule has 0 amide bonds. The van der Waals surface area contributed by atoms with Crippen LogP contribution < -0.4 is 0 Å². The van der Waals surface area contributed by atoms with Crippen molar-refractivity contribution in [3.05, 3.63) is 75.3 Å². The second-order valence-corrected chi connectivity index (χ2v) is 15.4. The van der Waals surface area contributed by atoms with Gasteiger partial charge in [0, 0.05) is 15.6 Å². The normalized spacial score (nSPS) is 13.2. The molecular formula is C34H45BrO. The van der Waals surface area contributed by atoms with Gasteiger partial charge < -0.3 is 5.11 Å². The van der Waals surface area contributed by atoms with E-state index < -0.39 is 0 Å². The molecule has 1 N–H and O–H groups in total. The molecule has 0 aromatic heterocycles. The summed E-state index contributed by atoms with van der Waals surface area (Å²) in [6.45, 7) is 27.0. The van der Waals surface area contributed by atoms with Gasteiger partial charge in [-0.3, -0.25) is 0 Å². The quantitative estimate of drug-likeness (QED) is 0.337. The van der Waals surface area contributed by atoms with Gasteiger partial charge in [-0.25, -0.2) is 0 Å². The Bertz CT molecular complexity index is 1110. The summed E-state index contributed by atoms with van der Waals surface area (Å²) in [5.74, 6) is 0.329. The summed E-state index contributed by atoms with van der Waals surface area (Å²) in [5.41, 5.74) is 8.92. The van der Waals surface area contributed by atoms with Crippen LogP contribution in [0.25, 0.3) is 22.3 Å². The Hall–Kier alpha value is -2.06. The Morgan fingerprint density at radius 2 is 0.694 bits per heavy atom. The number of hydrogen-bond donors (Lipinski definition) is 1. The highest BCUT2D eigenvalue weighted by molar-refractivity contribution is 9.10. The molecule has 0 fully saturated rings. The fourth-order valence-electron chi connectivity index (χ4n) is 4.34. The minimum Gasteiger partial charge on any atom is -0.507 e. The van der Waals surface area contributed by atoms with E-state index in [1.165, 1.54) is 22.3 Å². The molecular weight excluding hydrogens is 504 g/mol. The maximum absolute atomic E-state index is 11.8.